The van der Waals surface area contributed by atoms with Crippen LogP contribution in [-0.4, -0.2) is 128 Å². The van der Waals surface area contributed by atoms with Crippen LogP contribution in [0.1, 0.15) is 175 Å². The van der Waals surface area contributed by atoms with Gasteiger partial charge in [0.15, 0.2) is 0 Å². The lowest BCUT2D eigenvalue weighted by atomic mass is 9.92. The molecule has 103 heavy (non-hydrogen) atoms. The molecule has 13 rings (SSSR count). The van der Waals surface area contributed by atoms with Gasteiger partial charge in [-0.2, -0.15) is 11.8 Å². The standard InChI is InChI=1S/C19H21ClN2OS.C19H23N3OS.C18H20N2O.C14H20N2O.C13H18N2O.CH4/c1-13-18-9-4-15(19(18)22-12-21-13)3-2-14(10-23)11-24-17-7-5-16(20)6-8-17;1-14-18-8-7-16(19(18)22-13-21-14)9-20-17(10-23)12-24-11-15-5-3-2-4-6-15;1-13-17-10-9-15(18(17)20-12-19-13)7-8-16(11-21)14-5-3-2-4-6-14;1-2-10(9-17)3-4-11-5-6-12-13(15)7-8-16-14(11)12;1-9(7-16)3-4-11-5-6-12-10(2)14-8-15-13(11)12;/h4-8,12,14,23H,2-3,9-11H2,1H3;2-7,13,17,20,23H,8-12H2,1H3;2-6,9,12,16,21H,7-8,10-11H2,1H3;5,7-8,10,17H,2-4,6,9H2,1H3,(H2,15,16);5,8-9,16H,3-4,6-7H2,1-2H3;1H4/t14-;17-;16-;10-;9-;/m11111./s1. The predicted molar refractivity (Wildman–Crippen MR) is 425 cm³/mol. The number of nitrogens with two attached hydrogens (primary N) is 1. The van der Waals surface area contributed by atoms with Gasteiger partial charge < -0.3 is 36.6 Å². The van der Waals surface area contributed by atoms with Crippen molar-refractivity contribution in [3.63, 3.8) is 0 Å². The van der Waals surface area contributed by atoms with Crippen molar-refractivity contribution in [1.29, 1.82) is 0 Å². The van der Waals surface area contributed by atoms with Crippen LogP contribution in [0.25, 0.3) is 27.9 Å². The first-order valence-corrected chi connectivity index (χ1v) is 38.5. The average Bonchev–Trinajstić information content (AvgIpc) is 1.71. The van der Waals surface area contributed by atoms with Crippen LogP contribution in [0.4, 0.5) is 5.69 Å². The summed E-state index contributed by atoms with van der Waals surface area (Å²) in [6.45, 7) is 14.2. The summed E-state index contributed by atoms with van der Waals surface area (Å²) >= 11 is 9.52. The highest BCUT2D eigenvalue weighted by atomic mass is 35.5. The molecule has 5 aliphatic rings. The van der Waals surface area contributed by atoms with E-state index in [4.69, 9.17) is 22.4 Å². The van der Waals surface area contributed by atoms with E-state index in [1.54, 1.807) is 43.3 Å². The highest BCUT2D eigenvalue weighted by Gasteiger charge is 2.24. The van der Waals surface area contributed by atoms with E-state index in [0.717, 1.165) is 176 Å². The quantitative estimate of drug-likeness (QED) is 0.0215. The number of fused-ring (bicyclic) bond motifs is 5. The van der Waals surface area contributed by atoms with Crippen molar-refractivity contribution in [2.75, 3.05) is 56.8 Å². The minimum Gasteiger partial charge on any atom is -0.398 e. The SMILES string of the molecule is C.CC[C@@H](CO)CCC1=CCc2c(N)ccnc21.Cc1ncnc2c1CC=C2CC[C@@H](C)CO.Cc1ncnc2c1CC=C2CC[C@H](CO)CSc1ccc(Cl)cc1.Cc1ncnc2c1CC=C2CC[C@H](CO)c1ccccc1.Cc1ncnc2c1CC=C2CN[C@H](CO)CSCc1ccccc1. The number of hydrogen-bond donors (Lipinski definition) is 7. The zero-order chi connectivity index (χ0) is 72.2. The first kappa shape index (κ1) is 81.1. The Balaban J connectivity index is 0.000000164. The van der Waals surface area contributed by atoms with Crippen LogP contribution < -0.4 is 11.1 Å². The van der Waals surface area contributed by atoms with Crippen LogP contribution in [0.5, 0.6) is 0 Å². The molecular weight excluding hydrogens is 1340 g/mol. The van der Waals surface area contributed by atoms with Crippen molar-refractivity contribution < 1.29 is 25.5 Å². The van der Waals surface area contributed by atoms with Crippen molar-refractivity contribution in [1.82, 2.24) is 50.2 Å². The van der Waals surface area contributed by atoms with Crippen molar-refractivity contribution in [3.05, 3.63) is 248 Å². The summed E-state index contributed by atoms with van der Waals surface area (Å²) in [4.78, 5) is 40.3. The van der Waals surface area contributed by atoms with Gasteiger partial charge in [-0.15, -0.1) is 11.8 Å². The Hall–Kier alpha value is -7.62. The van der Waals surface area contributed by atoms with E-state index in [0.29, 0.717) is 11.8 Å². The number of hydrogen-bond acceptors (Lipinski definition) is 18. The van der Waals surface area contributed by atoms with Gasteiger partial charge in [0.25, 0.3) is 0 Å². The number of halogens is 1. The van der Waals surface area contributed by atoms with Gasteiger partial charge in [-0.1, -0.05) is 130 Å². The molecule has 0 aliphatic heterocycles. The molecule has 546 valence electrons. The topological polar surface area (TPSA) is 255 Å². The summed E-state index contributed by atoms with van der Waals surface area (Å²) in [5.41, 5.74) is 31.6. The van der Waals surface area contributed by atoms with E-state index >= 15 is 0 Å². The third-order valence-corrected chi connectivity index (χ3v) is 22.4. The van der Waals surface area contributed by atoms with Crippen molar-refractivity contribution in [3.8, 4) is 0 Å². The normalized spacial score (nSPS) is 14.7. The Morgan fingerprint density at radius 1 is 0.476 bits per heavy atom. The van der Waals surface area contributed by atoms with Crippen molar-refractivity contribution in [2.24, 2.45) is 17.8 Å². The van der Waals surface area contributed by atoms with E-state index in [9.17, 15) is 20.4 Å². The first-order valence-electron chi connectivity index (χ1n) is 36.0. The minimum atomic E-state index is 0. The Morgan fingerprint density at radius 2 is 0.922 bits per heavy atom. The fraction of sp³-hybridized carbons (Fsp3) is 0.417. The maximum atomic E-state index is 9.68. The van der Waals surface area contributed by atoms with Crippen LogP contribution in [-0.2, 0) is 37.9 Å². The van der Waals surface area contributed by atoms with E-state index in [-0.39, 0.29) is 58.3 Å². The van der Waals surface area contributed by atoms with Gasteiger partial charge in [-0.05, 0) is 198 Å². The summed E-state index contributed by atoms with van der Waals surface area (Å²) in [6.07, 6.45) is 33.0. The summed E-state index contributed by atoms with van der Waals surface area (Å²) in [5.74, 6) is 4.00. The Bertz CT molecular complexity index is 4130. The van der Waals surface area contributed by atoms with Gasteiger partial charge in [0.1, 0.15) is 25.3 Å². The van der Waals surface area contributed by atoms with Gasteiger partial charge >= 0.3 is 0 Å². The third kappa shape index (κ3) is 23.4. The van der Waals surface area contributed by atoms with Gasteiger partial charge in [0, 0.05) is 135 Å². The molecule has 0 amide bonds. The number of allylic oxidation sites excluding steroid dienone is 9. The molecule has 5 heterocycles. The average molecular weight is 1450 g/mol. The molecule has 0 spiro atoms. The number of anilines is 1. The lowest BCUT2D eigenvalue weighted by Gasteiger charge is -2.17. The fourth-order valence-electron chi connectivity index (χ4n) is 13.1. The van der Waals surface area contributed by atoms with Crippen LogP contribution in [0.3, 0.4) is 0 Å². The van der Waals surface area contributed by atoms with Crippen molar-refractivity contribution >= 4 is 68.7 Å². The number of benzene rings is 3. The molecule has 0 fully saturated rings. The number of aliphatic hydroxyl groups excluding tert-OH is 5. The monoisotopic (exact) mass is 1450 g/mol. The number of rotatable bonds is 29. The predicted octanol–water partition coefficient (Wildman–Crippen LogP) is 15.6. The van der Waals surface area contributed by atoms with Crippen LogP contribution in [0.2, 0.25) is 5.02 Å². The lowest BCUT2D eigenvalue weighted by Crippen LogP contribution is -2.35. The number of pyridine rings is 1. The maximum absolute atomic E-state index is 9.68. The number of aliphatic hydroxyl groups is 5. The van der Waals surface area contributed by atoms with Crippen LogP contribution in [0, 0.1) is 45.4 Å². The molecule has 5 aliphatic carbocycles. The van der Waals surface area contributed by atoms with Gasteiger partial charge in [0.05, 0.1) is 35.1 Å². The largest absolute Gasteiger partial charge is 0.398 e. The van der Waals surface area contributed by atoms with E-state index in [2.05, 4.69) is 131 Å². The Morgan fingerprint density at radius 3 is 1.40 bits per heavy atom. The third-order valence-electron chi connectivity index (χ3n) is 19.8. The summed E-state index contributed by atoms with van der Waals surface area (Å²) in [7, 11) is 0. The van der Waals surface area contributed by atoms with Crippen LogP contribution >= 0.6 is 35.1 Å². The second-order valence-corrected chi connectivity index (χ2v) is 29.4. The number of aryl methyl sites for hydroxylation is 4. The number of aromatic nitrogens is 9. The second kappa shape index (κ2) is 42.4. The van der Waals surface area contributed by atoms with E-state index in [1.807, 2.05) is 94.1 Å². The second-order valence-electron chi connectivity index (χ2n) is 26.8. The lowest BCUT2D eigenvalue weighted by molar-refractivity contribution is 0.216. The van der Waals surface area contributed by atoms with Gasteiger partial charge in [0.2, 0.25) is 0 Å². The number of thioether (sulfide) groups is 2. The minimum absolute atomic E-state index is 0. The number of nitrogens with zero attached hydrogens (tertiary/aromatic N) is 9. The molecule has 5 aromatic heterocycles. The first-order chi connectivity index (χ1) is 49.7. The zero-order valence-electron chi connectivity index (χ0n) is 60.1. The molecule has 3 aromatic carbocycles. The summed E-state index contributed by atoms with van der Waals surface area (Å²) in [6, 6.07) is 30.5. The molecule has 0 saturated carbocycles. The van der Waals surface area contributed by atoms with Crippen molar-refractivity contribution in [2.45, 2.75) is 161 Å². The Kier molecular flexibility index (Phi) is 33.3. The molecule has 16 nitrogen and oxygen atoms in total. The molecule has 0 saturated heterocycles. The molecule has 5 atom stereocenters. The zero-order valence-corrected chi connectivity index (χ0v) is 62.5. The maximum Gasteiger partial charge on any atom is 0.116 e. The molecule has 0 bridgehead atoms. The molecule has 8 N–H and O–H groups in total. The Labute approximate surface area is 624 Å². The smallest absolute Gasteiger partial charge is 0.116 e. The molecule has 19 heteroatoms. The summed E-state index contributed by atoms with van der Waals surface area (Å²) in [5, 5.41) is 51.3. The van der Waals surface area contributed by atoms with E-state index < -0.39 is 0 Å². The number of nitrogen functional groups attached to an aromatic ring is 1. The fourth-order valence-corrected chi connectivity index (χ4v) is 15.3. The molecule has 0 radical (unpaired) electrons. The van der Waals surface area contributed by atoms with E-state index in [1.165, 1.54) is 71.7 Å². The molecule has 8 aromatic rings. The highest BCUT2D eigenvalue weighted by molar-refractivity contribution is 7.99. The molecular formula is C84H106ClN11O5S2. The van der Waals surface area contributed by atoms with Crippen LogP contribution in [0.15, 0.2) is 158 Å². The summed E-state index contributed by atoms with van der Waals surface area (Å²) < 4.78 is 0. The molecule has 0 unspecified atom stereocenters. The van der Waals surface area contributed by atoms with Gasteiger partial charge in [-0.3, -0.25) is 4.98 Å². The highest BCUT2D eigenvalue weighted by Crippen LogP contribution is 2.37. The number of nitrogens with one attached hydrogen (secondary N) is 1. The van der Waals surface area contributed by atoms with Gasteiger partial charge in [-0.25, -0.2) is 39.9 Å².